The molecular formula is C20H28N6O. The zero-order valence-corrected chi connectivity index (χ0v) is 16.2. The SMILES string of the molecule is COc1ccc(N2CCN(c3ccnc(N4CCN(C)CC4)n3)CC2)cc1. The third-order valence-electron chi connectivity index (χ3n) is 5.46. The fraction of sp³-hybridized carbons (Fsp3) is 0.500. The van der Waals surface area contributed by atoms with Gasteiger partial charge in [0.25, 0.3) is 0 Å². The van der Waals surface area contributed by atoms with Crippen molar-refractivity contribution >= 4 is 17.5 Å². The van der Waals surface area contributed by atoms with Crippen molar-refractivity contribution < 1.29 is 4.74 Å². The van der Waals surface area contributed by atoms with E-state index in [0.29, 0.717) is 0 Å². The average Bonchev–Trinajstić information content (AvgIpc) is 2.75. The third kappa shape index (κ3) is 4.08. The number of methoxy groups -OCH3 is 1. The first-order chi connectivity index (χ1) is 13.2. The zero-order valence-electron chi connectivity index (χ0n) is 16.2. The second kappa shape index (κ2) is 8.00. The fourth-order valence-corrected chi connectivity index (χ4v) is 3.66. The summed E-state index contributed by atoms with van der Waals surface area (Å²) >= 11 is 0. The summed E-state index contributed by atoms with van der Waals surface area (Å²) in [6, 6.07) is 10.3. The van der Waals surface area contributed by atoms with Crippen LogP contribution in [0.25, 0.3) is 0 Å². The van der Waals surface area contributed by atoms with Crippen LogP contribution in [0, 0.1) is 0 Å². The molecule has 0 aliphatic carbocycles. The molecule has 27 heavy (non-hydrogen) atoms. The van der Waals surface area contributed by atoms with Gasteiger partial charge >= 0.3 is 0 Å². The highest BCUT2D eigenvalue weighted by Gasteiger charge is 2.21. The molecule has 0 atom stereocenters. The van der Waals surface area contributed by atoms with E-state index in [0.717, 1.165) is 69.9 Å². The first-order valence-corrected chi connectivity index (χ1v) is 9.63. The molecular weight excluding hydrogens is 340 g/mol. The van der Waals surface area contributed by atoms with Crippen molar-refractivity contribution in [3.63, 3.8) is 0 Å². The quantitative estimate of drug-likeness (QED) is 0.812. The lowest BCUT2D eigenvalue weighted by atomic mass is 10.2. The van der Waals surface area contributed by atoms with Crippen LogP contribution in [-0.4, -0.2) is 81.4 Å². The number of nitrogens with zero attached hydrogens (tertiary/aromatic N) is 6. The van der Waals surface area contributed by atoms with Crippen molar-refractivity contribution in [2.45, 2.75) is 0 Å². The summed E-state index contributed by atoms with van der Waals surface area (Å²) in [5.74, 6) is 2.79. The Morgan fingerprint density at radius 2 is 1.41 bits per heavy atom. The molecule has 0 bridgehead atoms. The molecule has 7 heteroatoms. The number of anilines is 3. The van der Waals surface area contributed by atoms with Gasteiger partial charge in [0.1, 0.15) is 11.6 Å². The minimum Gasteiger partial charge on any atom is -0.497 e. The Bertz CT molecular complexity index is 736. The summed E-state index contributed by atoms with van der Waals surface area (Å²) in [5.41, 5.74) is 1.25. The van der Waals surface area contributed by atoms with Crippen LogP contribution < -0.4 is 19.4 Å². The van der Waals surface area contributed by atoms with Crippen LogP contribution in [0.15, 0.2) is 36.5 Å². The van der Waals surface area contributed by atoms with Crippen molar-refractivity contribution in [3.8, 4) is 5.75 Å². The second-order valence-electron chi connectivity index (χ2n) is 7.18. The van der Waals surface area contributed by atoms with Crippen LogP contribution >= 0.6 is 0 Å². The number of piperazine rings is 2. The monoisotopic (exact) mass is 368 g/mol. The summed E-state index contributed by atoms with van der Waals surface area (Å²) in [5, 5.41) is 0. The Morgan fingerprint density at radius 3 is 2.07 bits per heavy atom. The lowest BCUT2D eigenvalue weighted by Gasteiger charge is -2.37. The highest BCUT2D eigenvalue weighted by atomic mass is 16.5. The van der Waals surface area contributed by atoms with Gasteiger partial charge in [0, 0.05) is 64.2 Å². The smallest absolute Gasteiger partial charge is 0.227 e. The fourth-order valence-electron chi connectivity index (χ4n) is 3.66. The predicted molar refractivity (Wildman–Crippen MR) is 109 cm³/mol. The van der Waals surface area contributed by atoms with Crippen molar-refractivity contribution in [1.82, 2.24) is 14.9 Å². The summed E-state index contributed by atoms with van der Waals surface area (Å²) in [6.45, 7) is 8.01. The van der Waals surface area contributed by atoms with Crippen LogP contribution in [0.1, 0.15) is 0 Å². The van der Waals surface area contributed by atoms with Gasteiger partial charge in [-0.05, 0) is 37.4 Å². The van der Waals surface area contributed by atoms with E-state index in [2.05, 4.69) is 43.8 Å². The van der Waals surface area contributed by atoms with Crippen LogP contribution in [0.4, 0.5) is 17.5 Å². The van der Waals surface area contributed by atoms with Gasteiger partial charge in [0.15, 0.2) is 0 Å². The van der Waals surface area contributed by atoms with E-state index < -0.39 is 0 Å². The molecule has 4 rings (SSSR count). The van der Waals surface area contributed by atoms with Crippen LogP contribution in [-0.2, 0) is 0 Å². The van der Waals surface area contributed by atoms with Crippen molar-refractivity contribution in [3.05, 3.63) is 36.5 Å². The lowest BCUT2D eigenvalue weighted by molar-refractivity contribution is 0.311. The molecule has 1 aromatic carbocycles. The molecule has 2 aliphatic heterocycles. The normalized spacial score (nSPS) is 18.7. The Morgan fingerprint density at radius 1 is 0.778 bits per heavy atom. The number of likely N-dealkylation sites (N-methyl/N-ethyl adjacent to an activating group) is 1. The Hall–Kier alpha value is -2.54. The van der Waals surface area contributed by atoms with Crippen LogP contribution in [0.3, 0.4) is 0 Å². The van der Waals surface area contributed by atoms with Gasteiger partial charge in [-0.25, -0.2) is 4.98 Å². The van der Waals surface area contributed by atoms with Crippen molar-refractivity contribution in [2.24, 2.45) is 0 Å². The molecule has 0 saturated carbocycles. The molecule has 3 heterocycles. The standard InChI is InChI=1S/C20H28N6O/c1-23-9-11-26(12-10-23)20-21-8-7-19(22-20)25-15-13-24(14-16-25)17-3-5-18(27-2)6-4-17/h3-8H,9-16H2,1-2H3. The van der Waals surface area contributed by atoms with E-state index in [1.165, 1.54) is 5.69 Å². The highest BCUT2D eigenvalue weighted by molar-refractivity contribution is 5.52. The Kier molecular flexibility index (Phi) is 5.29. The van der Waals surface area contributed by atoms with Crippen molar-refractivity contribution in [2.75, 3.05) is 81.2 Å². The molecule has 0 radical (unpaired) electrons. The molecule has 0 amide bonds. The summed E-state index contributed by atoms with van der Waals surface area (Å²) in [4.78, 5) is 18.8. The minimum absolute atomic E-state index is 0.859. The van der Waals surface area contributed by atoms with Gasteiger partial charge in [0.05, 0.1) is 7.11 Å². The summed E-state index contributed by atoms with van der Waals surface area (Å²) < 4.78 is 5.25. The predicted octanol–water partition coefficient (Wildman–Crippen LogP) is 1.56. The third-order valence-corrected chi connectivity index (χ3v) is 5.46. The maximum absolute atomic E-state index is 5.25. The lowest BCUT2D eigenvalue weighted by Crippen LogP contribution is -2.47. The van der Waals surface area contributed by atoms with E-state index in [1.54, 1.807) is 7.11 Å². The minimum atomic E-state index is 0.859. The average molecular weight is 368 g/mol. The molecule has 2 saturated heterocycles. The van der Waals surface area contributed by atoms with Gasteiger partial charge < -0.3 is 24.3 Å². The number of ether oxygens (including phenoxy) is 1. The largest absolute Gasteiger partial charge is 0.497 e. The van der Waals surface area contributed by atoms with Gasteiger partial charge in [-0.1, -0.05) is 0 Å². The van der Waals surface area contributed by atoms with Gasteiger partial charge in [0.2, 0.25) is 5.95 Å². The molecule has 0 N–H and O–H groups in total. The molecule has 2 fully saturated rings. The maximum atomic E-state index is 5.25. The Balaban J connectivity index is 1.38. The van der Waals surface area contributed by atoms with E-state index >= 15 is 0 Å². The first-order valence-electron chi connectivity index (χ1n) is 9.63. The topological polar surface area (TPSA) is 48.0 Å². The maximum Gasteiger partial charge on any atom is 0.227 e. The molecule has 144 valence electrons. The Labute approximate surface area is 161 Å². The molecule has 2 aliphatic rings. The second-order valence-corrected chi connectivity index (χ2v) is 7.18. The summed E-state index contributed by atoms with van der Waals surface area (Å²) in [6.07, 6.45) is 1.89. The molecule has 2 aromatic rings. The molecule has 7 nitrogen and oxygen atoms in total. The first kappa shape index (κ1) is 17.9. The zero-order chi connectivity index (χ0) is 18.6. The summed E-state index contributed by atoms with van der Waals surface area (Å²) in [7, 11) is 3.86. The number of hydrogen-bond acceptors (Lipinski definition) is 7. The van der Waals surface area contributed by atoms with E-state index in [1.807, 2.05) is 24.4 Å². The van der Waals surface area contributed by atoms with Gasteiger partial charge in [-0.3, -0.25) is 0 Å². The number of benzene rings is 1. The van der Waals surface area contributed by atoms with E-state index in [9.17, 15) is 0 Å². The van der Waals surface area contributed by atoms with Gasteiger partial charge in [-0.2, -0.15) is 4.98 Å². The molecule has 1 aromatic heterocycles. The molecule has 0 unspecified atom stereocenters. The van der Waals surface area contributed by atoms with E-state index in [-0.39, 0.29) is 0 Å². The molecule has 0 spiro atoms. The van der Waals surface area contributed by atoms with Crippen LogP contribution in [0.5, 0.6) is 5.75 Å². The number of rotatable bonds is 4. The highest BCUT2D eigenvalue weighted by Crippen LogP contribution is 2.23. The van der Waals surface area contributed by atoms with Gasteiger partial charge in [-0.15, -0.1) is 0 Å². The van der Waals surface area contributed by atoms with E-state index in [4.69, 9.17) is 9.72 Å². The number of aromatic nitrogens is 2. The van der Waals surface area contributed by atoms with Crippen LogP contribution in [0.2, 0.25) is 0 Å². The van der Waals surface area contributed by atoms with Crippen molar-refractivity contribution in [1.29, 1.82) is 0 Å². The number of hydrogen-bond donors (Lipinski definition) is 0.